The van der Waals surface area contributed by atoms with Gasteiger partial charge in [0.1, 0.15) is 0 Å². The van der Waals surface area contributed by atoms with Crippen LogP contribution in [-0.2, 0) is 11.3 Å². The van der Waals surface area contributed by atoms with Crippen LogP contribution in [0.5, 0.6) is 0 Å². The van der Waals surface area contributed by atoms with Gasteiger partial charge in [-0.3, -0.25) is 4.90 Å². The van der Waals surface area contributed by atoms with Crippen molar-refractivity contribution in [3.8, 4) is 0 Å². The van der Waals surface area contributed by atoms with E-state index in [0.29, 0.717) is 6.54 Å². The Morgan fingerprint density at radius 3 is 3.12 bits per heavy atom. The first-order valence-electron chi connectivity index (χ1n) is 5.67. The van der Waals surface area contributed by atoms with Crippen LogP contribution in [0.15, 0.2) is 22.7 Å². The molecule has 2 N–H and O–H groups in total. The van der Waals surface area contributed by atoms with E-state index < -0.39 is 0 Å². The maximum atomic E-state index is 6.18. The molecule has 2 rings (SSSR count). The molecule has 5 heteroatoms. The number of hydrogen-bond donors (Lipinski definition) is 1. The Morgan fingerprint density at radius 1 is 1.53 bits per heavy atom. The van der Waals surface area contributed by atoms with E-state index in [-0.39, 0.29) is 6.10 Å². The third-order valence-corrected chi connectivity index (χ3v) is 3.75. The lowest BCUT2D eigenvalue weighted by atomic mass is 10.2. The molecule has 94 valence electrons. The molecular weight excluding hydrogens is 304 g/mol. The second-order valence-electron chi connectivity index (χ2n) is 4.20. The van der Waals surface area contributed by atoms with Gasteiger partial charge in [0.25, 0.3) is 0 Å². The van der Waals surface area contributed by atoms with Crippen molar-refractivity contribution in [1.82, 2.24) is 4.90 Å². The van der Waals surface area contributed by atoms with E-state index >= 15 is 0 Å². The van der Waals surface area contributed by atoms with Crippen LogP contribution in [0.3, 0.4) is 0 Å². The number of benzene rings is 1. The highest BCUT2D eigenvalue weighted by atomic mass is 79.9. The zero-order valence-electron chi connectivity index (χ0n) is 9.53. The van der Waals surface area contributed by atoms with Crippen LogP contribution in [0.25, 0.3) is 0 Å². The van der Waals surface area contributed by atoms with Gasteiger partial charge in [0, 0.05) is 35.7 Å². The quantitative estimate of drug-likeness (QED) is 0.929. The first-order chi connectivity index (χ1) is 8.19. The molecule has 1 aliphatic rings. The maximum Gasteiger partial charge on any atom is 0.0824 e. The molecule has 1 fully saturated rings. The molecule has 1 aromatic carbocycles. The Morgan fingerprint density at radius 2 is 2.35 bits per heavy atom. The topological polar surface area (TPSA) is 38.5 Å². The van der Waals surface area contributed by atoms with Crippen LogP contribution in [0.1, 0.15) is 5.56 Å². The monoisotopic (exact) mass is 318 g/mol. The van der Waals surface area contributed by atoms with Crippen LogP contribution in [0, 0.1) is 0 Å². The van der Waals surface area contributed by atoms with E-state index in [2.05, 4.69) is 26.9 Å². The van der Waals surface area contributed by atoms with Gasteiger partial charge in [0.15, 0.2) is 0 Å². The lowest BCUT2D eigenvalue weighted by Crippen LogP contribution is -2.45. The summed E-state index contributed by atoms with van der Waals surface area (Å²) in [6, 6.07) is 5.94. The lowest BCUT2D eigenvalue weighted by Gasteiger charge is -2.32. The van der Waals surface area contributed by atoms with Gasteiger partial charge in [-0.15, -0.1) is 0 Å². The summed E-state index contributed by atoms with van der Waals surface area (Å²) in [5.41, 5.74) is 6.77. The Hall–Kier alpha value is -0.130. The summed E-state index contributed by atoms with van der Waals surface area (Å²) in [6.45, 7) is 3.97. The summed E-state index contributed by atoms with van der Waals surface area (Å²) in [5, 5.41) is 0.809. The van der Waals surface area contributed by atoms with E-state index in [1.165, 1.54) is 0 Å². The molecular formula is C12H16BrClN2O. The van der Waals surface area contributed by atoms with Crippen molar-refractivity contribution in [2.75, 3.05) is 26.2 Å². The molecule has 1 atom stereocenters. The molecule has 3 nitrogen and oxygen atoms in total. The molecule has 1 heterocycles. The van der Waals surface area contributed by atoms with Gasteiger partial charge in [-0.1, -0.05) is 27.5 Å². The molecule has 1 aliphatic heterocycles. The van der Waals surface area contributed by atoms with Gasteiger partial charge in [-0.05, 0) is 23.8 Å². The van der Waals surface area contributed by atoms with E-state index in [1.807, 2.05) is 12.1 Å². The Labute approximate surface area is 115 Å². The van der Waals surface area contributed by atoms with Gasteiger partial charge in [0.05, 0.1) is 12.7 Å². The summed E-state index contributed by atoms with van der Waals surface area (Å²) < 4.78 is 6.60. The van der Waals surface area contributed by atoms with Crippen LogP contribution in [0.2, 0.25) is 5.02 Å². The summed E-state index contributed by atoms with van der Waals surface area (Å²) in [6.07, 6.45) is 0.148. The molecule has 17 heavy (non-hydrogen) atoms. The Kier molecular flexibility index (Phi) is 4.82. The molecule has 0 amide bonds. The van der Waals surface area contributed by atoms with Crippen molar-refractivity contribution in [2.45, 2.75) is 12.6 Å². The molecule has 0 bridgehead atoms. The van der Waals surface area contributed by atoms with Crippen LogP contribution in [-0.4, -0.2) is 37.2 Å². The predicted molar refractivity (Wildman–Crippen MR) is 73.2 cm³/mol. The average Bonchev–Trinajstić information content (AvgIpc) is 2.34. The molecule has 0 radical (unpaired) electrons. The molecule has 0 aliphatic carbocycles. The van der Waals surface area contributed by atoms with Gasteiger partial charge in [0.2, 0.25) is 0 Å². The highest BCUT2D eigenvalue weighted by Crippen LogP contribution is 2.23. The second kappa shape index (κ2) is 6.16. The minimum absolute atomic E-state index is 0.148. The van der Waals surface area contributed by atoms with Gasteiger partial charge < -0.3 is 10.5 Å². The highest BCUT2D eigenvalue weighted by Gasteiger charge is 2.19. The van der Waals surface area contributed by atoms with Crippen LogP contribution < -0.4 is 5.73 Å². The summed E-state index contributed by atoms with van der Waals surface area (Å²) in [7, 11) is 0. The van der Waals surface area contributed by atoms with Crippen molar-refractivity contribution < 1.29 is 4.74 Å². The van der Waals surface area contributed by atoms with Gasteiger partial charge in [-0.25, -0.2) is 0 Å². The smallest absolute Gasteiger partial charge is 0.0824 e. The first-order valence-corrected chi connectivity index (χ1v) is 6.84. The fraction of sp³-hybridized carbons (Fsp3) is 0.500. The molecule has 0 aromatic heterocycles. The van der Waals surface area contributed by atoms with Crippen LogP contribution >= 0.6 is 27.5 Å². The second-order valence-corrected chi connectivity index (χ2v) is 5.52. The molecule has 0 spiro atoms. The molecule has 1 aromatic rings. The number of rotatable bonds is 3. The zero-order chi connectivity index (χ0) is 12.3. The minimum Gasteiger partial charge on any atom is -0.374 e. The van der Waals surface area contributed by atoms with E-state index in [4.69, 9.17) is 22.1 Å². The third kappa shape index (κ3) is 3.66. The summed E-state index contributed by atoms with van der Waals surface area (Å²) in [5.74, 6) is 0. The van der Waals surface area contributed by atoms with E-state index in [0.717, 1.165) is 41.3 Å². The number of nitrogens with zero attached hydrogens (tertiary/aromatic N) is 1. The average molecular weight is 320 g/mol. The Balaban J connectivity index is 2.02. The van der Waals surface area contributed by atoms with Crippen LogP contribution in [0.4, 0.5) is 0 Å². The molecule has 1 saturated heterocycles. The normalized spacial score (nSPS) is 21.7. The first kappa shape index (κ1) is 13.3. The van der Waals surface area contributed by atoms with Crippen molar-refractivity contribution in [3.05, 3.63) is 33.3 Å². The number of hydrogen-bond acceptors (Lipinski definition) is 3. The lowest BCUT2D eigenvalue weighted by molar-refractivity contribution is -0.0260. The van der Waals surface area contributed by atoms with Crippen molar-refractivity contribution in [1.29, 1.82) is 0 Å². The number of nitrogens with two attached hydrogens (primary N) is 1. The SMILES string of the molecule is NCC1CN(Cc2cc(Br)ccc2Cl)CCO1. The van der Waals surface area contributed by atoms with Crippen molar-refractivity contribution >= 4 is 27.5 Å². The number of ether oxygens (including phenoxy) is 1. The molecule has 1 unspecified atom stereocenters. The summed E-state index contributed by atoms with van der Waals surface area (Å²) in [4.78, 5) is 2.33. The predicted octanol–water partition coefficient (Wildman–Crippen LogP) is 2.26. The standard InChI is InChI=1S/C12H16BrClN2O/c13-10-1-2-12(14)9(5-10)7-16-3-4-17-11(6-15)8-16/h1-2,5,11H,3-4,6-8,15H2. The van der Waals surface area contributed by atoms with E-state index in [9.17, 15) is 0 Å². The summed E-state index contributed by atoms with van der Waals surface area (Å²) >= 11 is 9.65. The largest absolute Gasteiger partial charge is 0.374 e. The third-order valence-electron chi connectivity index (χ3n) is 2.89. The fourth-order valence-electron chi connectivity index (χ4n) is 1.97. The maximum absolute atomic E-state index is 6.18. The zero-order valence-corrected chi connectivity index (χ0v) is 11.9. The number of halogens is 2. The van der Waals surface area contributed by atoms with Crippen molar-refractivity contribution in [2.24, 2.45) is 5.73 Å². The fourth-order valence-corrected chi connectivity index (χ4v) is 2.56. The molecule has 0 saturated carbocycles. The Bertz CT molecular complexity index is 389. The van der Waals surface area contributed by atoms with E-state index in [1.54, 1.807) is 0 Å². The van der Waals surface area contributed by atoms with Gasteiger partial charge >= 0.3 is 0 Å². The van der Waals surface area contributed by atoms with Crippen molar-refractivity contribution in [3.63, 3.8) is 0 Å². The number of morpholine rings is 1. The van der Waals surface area contributed by atoms with Gasteiger partial charge in [-0.2, -0.15) is 0 Å². The minimum atomic E-state index is 0.148. The highest BCUT2D eigenvalue weighted by molar-refractivity contribution is 9.10.